The maximum Gasteiger partial charge on any atom is 0.183 e. The fourth-order valence-electron chi connectivity index (χ4n) is 2.73. The molecule has 0 aromatic carbocycles. The van der Waals surface area contributed by atoms with E-state index in [-0.39, 0.29) is 0 Å². The van der Waals surface area contributed by atoms with Gasteiger partial charge in [0.25, 0.3) is 0 Å². The quantitative estimate of drug-likeness (QED) is 0.817. The van der Waals surface area contributed by atoms with Crippen molar-refractivity contribution in [2.24, 2.45) is 5.92 Å². The minimum Gasteiger partial charge on any atom is -0.298 e. The summed E-state index contributed by atoms with van der Waals surface area (Å²) < 4.78 is 0.656. The molecule has 96 valence electrons. The summed E-state index contributed by atoms with van der Waals surface area (Å²) in [6.45, 7) is 3.31. The van der Waals surface area contributed by atoms with Crippen LogP contribution in [-0.2, 0) is 6.54 Å². The molecule has 0 atom stereocenters. The molecule has 1 aromatic heterocycles. The van der Waals surface area contributed by atoms with Crippen molar-refractivity contribution in [3.63, 3.8) is 0 Å². The topological polar surface area (TPSA) is 16.1 Å². The van der Waals surface area contributed by atoms with E-state index in [1.807, 2.05) is 6.20 Å². The molecule has 1 aliphatic carbocycles. The lowest BCUT2D eigenvalue weighted by Gasteiger charge is -2.34. The summed E-state index contributed by atoms with van der Waals surface area (Å²) in [5.41, 5.74) is 0. The van der Waals surface area contributed by atoms with E-state index in [2.05, 4.69) is 23.9 Å². The molecule has 1 saturated carbocycles. The molecule has 0 unspecified atom stereocenters. The number of hydrogen-bond donors (Lipinski definition) is 0. The van der Waals surface area contributed by atoms with E-state index < -0.39 is 0 Å². The number of nitrogens with zero attached hydrogens (tertiary/aromatic N) is 2. The maximum atomic E-state index is 5.86. The number of hydrogen-bond acceptors (Lipinski definition) is 3. The molecule has 4 heteroatoms. The molecule has 1 fully saturated rings. The van der Waals surface area contributed by atoms with Crippen LogP contribution in [0.5, 0.6) is 0 Å². The largest absolute Gasteiger partial charge is 0.298 e. The summed E-state index contributed by atoms with van der Waals surface area (Å²) in [6.07, 6.45) is 8.75. The predicted molar refractivity (Wildman–Crippen MR) is 74.6 cm³/mol. The summed E-state index contributed by atoms with van der Waals surface area (Å²) in [6, 6.07) is 0.749. The molecular weight excluding hydrogens is 252 g/mol. The van der Waals surface area contributed by atoms with Crippen LogP contribution in [0.3, 0.4) is 0 Å². The Bertz CT molecular complexity index is 345. The van der Waals surface area contributed by atoms with Gasteiger partial charge in [-0.05, 0) is 38.6 Å². The summed E-state index contributed by atoms with van der Waals surface area (Å²) in [4.78, 5) is 7.84. The molecule has 1 aliphatic rings. The Kier molecular flexibility index (Phi) is 4.83. The first-order valence-electron chi connectivity index (χ1n) is 6.49. The lowest BCUT2D eigenvalue weighted by atomic mass is 9.84. The zero-order valence-electron chi connectivity index (χ0n) is 10.7. The zero-order chi connectivity index (χ0) is 12.3. The first-order chi connectivity index (χ1) is 8.19. The van der Waals surface area contributed by atoms with Crippen molar-refractivity contribution in [1.29, 1.82) is 0 Å². The molecule has 0 amide bonds. The van der Waals surface area contributed by atoms with Gasteiger partial charge in [0.1, 0.15) is 0 Å². The second-order valence-corrected chi connectivity index (χ2v) is 6.77. The Morgan fingerprint density at radius 3 is 2.65 bits per heavy atom. The minimum atomic E-state index is 0.656. The Morgan fingerprint density at radius 1 is 1.41 bits per heavy atom. The van der Waals surface area contributed by atoms with Gasteiger partial charge in [0, 0.05) is 23.7 Å². The summed E-state index contributed by atoms with van der Waals surface area (Å²) in [7, 11) is 2.23. The average Bonchev–Trinajstić information content (AvgIpc) is 2.75. The van der Waals surface area contributed by atoms with Crippen molar-refractivity contribution in [3.8, 4) is 0 Å². The highest BCUT2D eigenvalue weighted by atomic mass is 35.5. The number of thiazole rings is 1. The monoisotopic (exact) mass is 272 g/mol. The van der Waals surface area contributed by atoms with Gasteiger partial charge >= 0.3 is 0 Å². The van der Waals surface area contributed by atoms with Crippen molar-refractivity contribution in [2.75, 3.05) is 7.05 Å². The molecular formula is C13H21ClN2S. The van der Waals surface area contributed by atoms with E-state index in [9.17, 15) is 0 Å². The van der Waals surface area contributed by atoms with E-state index in [1.54, 1.807) is 11.3 Å². The fraction of sp³-hybridized carbons (Fsp3) is 0.769. The highest BCUT2D eigenvalue weighted by Crippen LogP contribution is 2.30. The summed E-state index contributed by atoms with van der Waals surface area (Å²) in [5.74, 6) is 0.970. The van der Waals surface area contributed by atoms with E-state index in [4.69, 9.17) is 11.6 Å². The van der Waals surface area contributed by atoms with Crippen LogP contribution in [0.4, 0.5) is 0 Å². The van der Waals surface area contributed by atoms with Crippen molar-refractivity contribution in [2.45, 2.75) is 51.6 Å². The van der Waals surface area contributed by atoms with Crippen LogP contribution in [0, 0.1) is 5.92 Å². The van der Waals surface area contributed by atoms with Crippen LogP contribution in [0.25, 0.3) is 0 Å². The minimum absolute atomic E-state index is 0.656. The van der Waals surface area contributed by atoms with Crippen LogP contribution < -0.4 is 0 Å². The van der Waals surface area contributed by atoms with E-state index in [1.165, 1.54) is 37.0 Å². The molecule has 0 radical (unpaired) electrons. The standard InChI is InChI=1S/C13H21ClN2S/c1-3-10-4-6-11(7-5-10)16(2)9-12-8-15-13(14)17-12/h8,10-11H,3-7,9H2,1-2H3. The molecule has 1 aromatic rings. The van der Waals surface area contributed by atoms with Crippen molar-refractivity contribution in [1.82, 2.24) is 9.88 Å². The first kappa shape index (κ1) is 13.3. The second-order valence-electron chi connectivity index (χ2n) is 5.08. The van der Waals surface area contributed by atoms with Gasteiger partial charge in [-0.15, -0.1) is 11.3 Å². The van der Waals surface area contributed by atoms with Gasteiger partial charge < -0.3 is 0 Å². The smallest absolute Gasteiger partial charge is 0.183 e. The van der Waals surface area contributed by atoms with Gasteiger partial charge in [0.15, 0.2) is 4.47 Å². The Labute approximate surface area is 113 Å². The molecule has 0 N–H and O–H groups in total. The number of aromatic nitrogens is 1. The second kappa shape index (κ2) is 6.17. The van der Waals surface area contributed by atoms with Crippen molar-refractivity contribution < 1.29 is 0 Å². The van der Waals surface area contributed by atoms with E-state index in [0.717, 1.165) is 18.5 Å². The molecule has 2 nitrogen and oxygen atoms in total. The highest BCUT2D eigenvalue weighted by molar-refractivity contribution is 7.15. The first-order valence-corrected chi connectivity index (χ1v) is 7.69. The normalized spacial score (nSPS) is 25.4. The van der Waals surface area contributed by atoms with Crippen molar-refractivity contribution in [3.05, 3.63) is 15.5 Å². The molecule has 0 aliphatic heterocycles. The Morgan fingerprint density at radius 2 is 2.12 bits per heavy atom. The number of rotatable bonds is 4. The zero-order valence-corrected chi connectivity index (χ0v) is 12.2. The molecule has 0 bridgehead atoms. The summed E-state index contributed by atoms with van der Waals surface area (Å²) in [5, 5.41) is 0. The lowest BCUT2D eigenvalue weighted by molar-refractivity contribution is 0.158. The Balaban J connectivity index is 1.82. The molecule has 1 heterocycles. The molecule has 0 saturated heterocycles. The van der Waals surface area contributed by atoms with E-state index >= 15 is 0 Å². The van der Waals surface area contributed by atoms with Crippen LogP contribution in [0.15, 0.2) is 6.20 Å². The van der Waals surface area contributed by atoms with Gasteiger partial charge in [0.05, 0.1) is 0 Å². The fourth-order valence-corrected chi connectivity index (χ4v) is 3.77. The van der Waals surface area contributed by atoms with Crippen LogP contribution in [0.2, 0.25) is 4.47 Å². The third-order valence-corrected chi connectivity index (χ3v) is 5.05. The van der Waals surface area contributed by atoms with Gasteiger partial charge in [-0.1, -0.05) is 24.9 Å². The van der Waals surface area contributed by atoms with E-state index in [0.29, 0.717) is 4.47 Å². The SMILES string of the molecule is CCC1CCC(N(C)Cc2cnc(Cl)s2)CC1. The predicted octanol–water partition coefficient (Wildman–Crippen LogP) is 4.20. The van der Waals surface area contributed by atoms with Crippen molar-refractivity contribution >= 4 is 22.9 Å². The third kappa shape index (κ3) is 3.67. The molecule has 2 rings (SSSR count). The van der Waals surface area contributed by atoms with Crippen LogP contribution in [0.1, 0.15) is 43.9 Å². The lowest BCUT2D eigenvalue weighted by Crippen LogP contribution is -2.34. The van der Waals surface area contributed by atoms with Gasteiger partial charge in [0.2, 0.25) is 0 Å². The van der Waals surface area contributed by atoms with Crippen LogP contribution in [-0.4, -0.2) is 23.0 Å². The van der Waals surface area contributed by atoms with Gasteiger partial charge in [-0.3, -0.25) is 4.90 Å². The summed E-state index contributed by atoms with van der Waals surface area (Å²) >= 11 is 7.45. The Hall–Kier alpha value is -0.120. The van der Waals surface area contributed by atoms with Crippen LogP contribution >= 0.6 is 22.9 Å². The van der Waals surface area contributed by atoms with Gasteiger partial charge in [-0.2, -0.15) is 0 Å². The third-order valence-electron chi connectivity index (χ3n) is 3.95. The molecule has 0 spiro atoms. The average molecular weight is 273 g/mol. The maximum absolute atomic E-state index is 5.86. The highest BCUT2D eigenvalue weighted by Gasteiger charge is 2.23. The molecule has 17 heavy (non-hydrogen) atoms. The van der Waals surface area contributed by atoms with Gasteiger partial charge in [-0.25, -0.2) is 4.98 Å². The number of halogens is 1.